The highest BCUT2D eigenvalue weighted by atomic mass is 32.2. The van der Waals surface area contributed by atoms with Gasteiger partial charge in [-0.05, 0) is 23.8 Å². The Morgan fingerprint density at radius 3 is 2.94 bits per heavy atom. The molecule has 1 aromatic rings. The highest BCUT2D eigenvalue weighted by Crippen LogP contribution is 2.15. The van der Waals surface area contributed by atoms with Crippen molar-refractivity contribution in [2.24, 2.45) is 5.92 Å². The van der Waals surface area contributed by atoms with E-state index in [1.165, 1.54) is 12.2 Å². The lowest BCUT2D eigenvalue weighted by molar-refractivity contribution is 0.344. The third-order valence-corrected chi connectivity index (χ3v) is 3.71. The quantitative estimate of drug-likeness (QED) is 0.585. The van der Waals surface area contributed by atoms with E-state index < -0.39 is 0 Å². The molecule has 0 aliphatic rings. The van der Waals surface area contributed by atoms with E-state index >= 15 is 0 Å². The van der Waals surface area contributed by atoms with Crippen LogP contribution in [0.1, 0.15) is 20.3 Å². The van der Waals surface area contributed by atoms with Crippen LogP contribution in [0.25, 0.3) is 0 Å². The van der Waals surface area contributed by atoms with Crippen molar-refractivity contribution >= 4 is 17.4 Å². The summed E-state index contributed by atoms with van der Waals surface area (Å²) < 4.78 is 5.60. The van der Waals surface area contributed by atoms with Gasteiger partial charge in [-0.1, -0.05) is 26.3 Å². The topological polar surface area (TPSA) is 35.2 Å². The van der Waals surface area contributed by atoms with Gasteiger partial charge in [-0.25, -0.2) is 0 Å². The second kappa shape index (κ2) is 7.44. The lowest BCUT2D eigenvalue weighted by Gasteiger charge is -2.09. The molecule has 0 radical (unpaired) electrons. The molecule has 0 fully saturated rings. The molecule has 1 unspecified atom stereocenters. The fourth-order valence-corrected chi connectivity index (χ4v) is 2.23. The summed E-state index contributed by atoms with van der Waals surface area (Å²) in [7, 11) is 0. The summed E-state index contributed by atoms with van der Waals surface area (Å²) in [4.78, 5) is 0. The molecule has 0 bridgehead atoms. The Morgan fingerprint density at radius 2 is 2.25 bits per heavy atom. The van der Waals surface area contributed by atoms with E-state index in [1.807, 2.05) is 36.0 Å². The minimum Gasteiger partial charge on any atom is -0.493 e. The first-order chi connectivity index (χ1) is 7.72. The molecule has 0 saturated carbocycles. The van der Waals surface area contributed by atoms with Crippen LogP contribution in [0.3, 0.4) is 0 Å². The van der Waals surface area contributed by atoms with Gasteiger partial charge >= 0.3 is 0 Å². The Kier molecular flexibility index (Phi) is 6.16. The second-order valence-corrected chi connectivity index (χ2v) is 5.16. The third-order valence-electron chi connectivity index (χ3n) is 2.45. The molecule has 90 valence electrons. The first kappa shape index (κ1) is 13.2. The molecule has 3 heteroatoms. The van der Waals surface area contributed by atoms with Crippen molar-refractivity contribution < 1.29 is 4.74 Å². The van der Waals surface area contributed by atoms with Crippen LogP contribution in [0.2, 0.25) is 0 Å². The summed E-state index contributed by atoms with van der Waals surface area (Å²) in [6, 6.07) is 7.58. The molecule has 0 aliphatic heterocycles. The number of thioether (sulfide) groups is 1. The summed E-state index contributed by atoms with van der Waals surface area (Å²) >= 11 is 1.95. The molecule has 0 heterocycles. The number of anilines is 1. The minimum absolute atomic E-state index is 0.754. The van der Waals surface area contributed by atoms with Gasteiger partial charge in [0.15, 0.2) is 0 Å². The van der Waals surface area contributed by atoms with Gasteiger partial charge in [-0.3, -0.25) is 0 Å². The highest BCUT2D eigenvalue weighted by Gasteiger charge is 1.99. The van der Waals surface area contributed by atoms with Crippen molar-refractivity contribution in [3.63, 3.8) is 0 Å². The van der Waals surface area contributed by atoms with E-state index in [0.717, 1.165) is 29.7 Å². The predicted octanol–water partition coefficient (Wildman–Crippen LogP) is 3.43. The van der Waals surface area contributed by atoms with Gasteiger partial charge in [0.25, 0.3) is 0 Å². The molecule has 2 nitrogen and oxygen atoms in total. The van der Waals surface area contributed by atoms with Gasteiger partial charge in [-0.2, -0.15) is 11.8 Å². The summed E-state index contributed by atoms with van der Waals surface area (Å²) in [5.41, 5.74) is 6.42. The Bertz CT molecular complexity index is 304. The fraction of sp³-hybridized carbons (Fsp3) is 0.538. The number of benzene rings is 1. The Morgan fingerprint density at radius 1 is 1.44 bits per heavy atom. The van der Waals surface area contributed by atoms with Crippen LogP contribution < -0.4 is 10.5 Å². The summed E-state index contributed by atoms with van der Waals surface area (Å²) in [5.74, 6) is 3.93. The van der Waals surface area contributed by atoms with Gasteiger partial charge in [0.2, 0.25) is 0 Å². The zero-order valence-electron chi connectivity index (χ0n) is 10.1. The van der Waals surface area contributed by atoms with Crippen LogP contribution >= 0.6 is 11.8 Å². The lowest BCUT2D eigenvalue weighted by Crippen LogP contribution is -2.03. The molecule has 2 N–H and O–H groups in total. The van der Waals surface area contributed by atoms with E-state index in [1.54, 1.807) is 0 Å². The lowest BCUT2D eigenvalue weighted by atomic mass is 10.2. The average molecular weight is 239 g/mol. The smallest absolute Gasteiger partial charge is 0.121 e. The van der Waals surface area contributed by atoms with Gasteiger partial charge < -0.3 is 10.5 Å². The average Bonchev–Trinajstić information content (AvgIpc) is 2.28. The van der Waals surface area contributed by atoms with Crippen molar-refractivity contribution in [1.29, 1.82) is 0 Å². The third kappa shape index (κ3) is 5.31. The number of hydrogen-bond donors (Lipinski definition) is 1. The zero-order chi connectivity index (χ0) is 11.8. The number of hydrogen-bond acceptors (Lipinski definition) is 3. The molecule has 1 aromatic carbocycles. The first-order valence-corrected chi connectivity index (χ1v) is 6.94. The van der Waals surface area contributed by atoms with Crippen LogP contribution in [-0.2, 0) is 0 Å². The molecule has 1 rings (SSSR count). The van der Waals surface area contributed by atoms with Crippen LogP contribution in [0.4, 0.5) is 5.69 Å². The number of ether oxygens (including phenoxy) is 1. The predicted molar refractivity (Wildman–Crippen MR) is 73.1 cm³/mol. The van der Waals surface area contributed by atoms with Crippen molar-refractivity contribution in [3.8, 4) is 5.75 Å². The first-order valence-electron chi connectivity index (χ1n) is 5.78. The zero-order valence-corrected chi connectivity index (χ0v) is 10.9. The standard InChI is InChI=1S/C13H21NOS/c1-3-11(2)10-16-8-7-15-13-6-4-5-12(14)9-13/h4-6,9,11H,3,7-8,10,14H2,1-2H3. The summed E-state index contributed by atoms with van der Waals surface area (Å²) in [5, 5.41) is 0. The van der Waals surface area contributed by atoms with Crippen molar-refractivity contribution in [1.82, 2.24) is 0 Å². The molecular formula is C13H21NOS. The maximum absolute atomic E-state index is 5.66. The maximum atomic E-state index is 5.66. The SMILES string of the molecule is CCC(C)CSCCOc1cccc(N)c1. The van der Waals surface area contributed by atoms with E-state index in [9.17, 15) is 0 Å². The van der Waals surface area contributed by atoms with Gasteiger partial charge in [0.1, 0.15) is 5.75 Å². The molecule has 0 aromatic heterocycles. The molecular weight excluding hydrogens is 218 g/mol. The minimum atomic E-state index is 0.754. The van der Waals surface area contributed by atoms with Gasteiger partial charge in [0.05, 0.1) is 6.61 Å². The molecule has 0 spiro atoms. The molecule has 16 heavy (non-hydrogen) atoms. The molecule has 0 saturated heterocycles. The van der Waals surface area contributed by atoms with Crippen LogP contribution in [0.5, 0.6) is 5.75 Å². The summed E-state index contributed by atoms with van der Waals surface area (Å²) in [6.07, 6.45) is 1.25. The van der Waals surface area contributed by atoms with Crippen molar-refractivity contribution in [2.75, 3.05) is 23.8 Å². The van der Waals surface area contributed by atoms with Crippen molar-refractivity contribution in [3.05, 3.63) is 24.3 Å². The number of rotatable bonds is 7. The fourth-order valence-electron chi connectivity index (χ4n) is 1.23. The Hall–Kier alpha value is -0.830. The highest BCUT2D eigenvalue weighted by molar-refractivity contribution is 7.99. The van der Waals surface area contributed by atoms with Gasteiger partial charge in [0, 0.05) is 17.5 Å². The van der Waals surface area contributed by atoms with E-state index in [2.05, 4.69) is 13.8 Å². The monoisotopic (exact) mass is 239 g/mol. The van der Waals surface area contributed by atoms with Gasteiger partial charge in [-0.15, -0.1) is 0 Å². The van der Waals surface area contributed by atoms with Crippen LogP contribution in [0, 0.1) is 5.92 Å². The normalized spacial score (nSPS) is 12.4. The van der Waals surface area contributed by atoms with Crippen molar-refractivity contribution in [2.45, 2.75) is 20.3 Å². The molecule has 1 atom stereocenters. The molecule has 0 aliphatic carbocycles. The van der Waals surface area contributed by atoms with E-state index in [4.69, 9.17) is 10.5 Å². The number of nitrogen functional groups attached to an aromatic ring is 1. The van der Waals surface area contributed by atoms with Crippen LogP contribution in [0.15, 0.2) is 24.3 Å². The second-order valence-electron chi connectivity index (χ2n) is 4.01. The van der Waals surface area contributed by atoms with Crippen LogP contribution in [-0.4, -0.2) is 18.1 Å². The summed E-state index contributed by atoms with van der Waals surface area (Å²) in [6.45, 7) is 5.27. The van der Waals surface area contributed by atoms with E-state index in [0.29, 0.717) is 0 Å². The van der Waals surface area contributed by atoms with E-state index in [-0.39, 0.29) is 0 Å². The molecule has 0 amide bonds. The number of nitrogens with two attached hydrogens (primary N) is 1. The Balaban J connectivity index is 2.12. The maximum Gasteiger partial charge on any atom is 0.121 e. The Labute approximate surface area is 103 Å². The largest absolute Gasteiger partial charge is 0.493 e.